The normalized spacial score (nSPS) is 10.8. The maximum absolute atomic E-state index is 12.2. The number of hydrogen-bond donors (Lipinski definition) is 1. The van der Waals surface area contributed by atoms with Gasteiger partial charge in [0.2, 0.25) is 5.91 Å². The fraction of sp³-hybridized carbons (Fsp3) is 0.409. The lowest BCUT2D eigenvalue weighted by Crippen LogP contribution is -2.25. The molecule has 2 aromatic rings. The van der Waals surface area contributed by atoms with E-state index in [2.05, 4.69) is 48.3 Å². The van der Waals surface area contributed by atoms with Gasteiger partial charge < -0.3 is 10.1 Å². The SMILES string of the molecule is CCOc1ccc(CC(=O)NCc2cccc(CN(CC)CC)c2)cc1. The third kappa shape index (κ3) is 6.52. The molecule has 0 saturated heterocycles. The monoisotopic (exact) mass is 354 g/mol. The molecule has 0 atom stereocenters. The van der Waals surface area contributed by atoms with E-state index in [0.29, 0.717) is 19.6 Å². The van der Waals surface area contributed by atoms with Gasteiger partial charge in [0.15, 0.2) is 0 Å². The Kier molecular flexibility index (Phi) is 8.16. The van der Waals surface area contributed by atoms with E-state index in [-0.39, 0.29) is 5.91 Å². The van der Waals surface area contributed by atoms with Crippen LogP contribution in [0.3, 0.4) is 0 Å². The van der Waals surface area contributed by atoms with Gasteiger partial charge in [-0.05, 0) is 48.8 Å². The molecule has 0 aliphatic rings. The fourth-order valence-corrected chi connectivity index (χ4v) is 2.86. The second kappa shape index (κ2) is 10.6. The summed E-state index contributed by atoms with van der Waals surface area (Å²) in [7, 11) is 0. The highest BCUT2D eigenvalue weighted by Crippen LogP contribution is 2.13. The van der Waals surface area contributed by atoms with Crippen molar-refractivity contribution in [1.82, 2.24) is 10.2 Å². The van der Waals surface area contributed by atoms with Crippen LogP contribution in [-0.2, 0) is 24.3 Å². The van der Waals surface area contributed by atoms with E-state index in [9.17, 15) is 4.79 Å². The number of nitrogens with zero attached hydrogens (tertiary/aromatic N) is 1. The predicted octanol–water partition coefficient (Wildman–Crippen LogP) is 3.79. The van der Waals surface area contributed by atoms with Crippen LogP contribution in [0, 0.1) is 0 Å². The van der Waals surface area contributed by atoms with E-state index >= 15 is 0 Å². The minimum Gasteiger partial charge on any atom is -0.494 e. The molecule has 2 rings (SSSR count). The quantitative estimate of drug-likeness (QED) is 0.706. The van der Waals surface area contributed by atoms with Gasteiger partial charge in [0, 0.05) is 13.1 Å². The van der Waals surface area contributed by atoms with Crippen molar-refractivity contribution in [3.8, 4) is 5.75 Å². The molecule has 1 N–H and O–H groups in total. The first-order valence-corrected chi connectivity index (χ1v) is 9.43. The Balaban J connectivity index is 1.84. The summed E-state index contributed by atoms with van der Waals surface area (Å²) in [5, 5.41) is 3.01. The summed E-state index contributed by atoms with van der Waals surface area (Å²) in [6.07, 6.45) is 0.380. The molecule has 0 unspecified atom stereocenters. The van der Waals surface area contributed by atoms with Crippen LogP contribution in [0.2, 0.25) is 0 Å². The third-order valence-corrected chi connectivity index (χ3v) is 4.38. The van der Waals surface area contributed by atoms with Crippen LogP contribution in [-0.4, -0.2) is 30.5 Å². The lowest BCUT2D eigenvalue weighted by molar-refractivity contribution is -0.120. The topological polar surface area (TPSA) is 41.6 Å². The highest BCUT2D eigenvalue weighted by molar-refractivity contribution is 5.78. The molecule has 0 aliphatic carbocycles. The van der Waals surface area contributed by atoms with Gasteiger partial charge >= 0.3 is 0 Å². The molecule has 0 spiro atoms. The average molecular weight is 354 g/mol. The zero-order valence-corrected chi connectivity index (χ0v) is 16.1. The van der Waals surface area contributed by atoms with Gasteiger partial charge in [-0.1, -0.05) is 50.2 Å². The molecule has 0 fully saturated rings. The maximum atomic E-state index is 12.2. The molecule has 0 bridgehead atoms. The van der Waals surface area contributed by atoms with Crippen molar-refractivity contribution in [2.24, 2.45) is 0 Å². The summed E-state index contributed by atoms with van der Waals surface area (Å²) in [6.45, 7) is 10.5. The number of carbonyl (C=O) groups is 1. The van der Waals surface area contributed by atoms with Gasteiger partial charge in [-0.3, -0.25) is 9.69 Å². The smallest absolute Gasteiger partial charge is 0.224 e. The van der Waals surface area contributed by atoms with Crippen LogP contribution in [0.4, 0.5) is 0 Å². The van der Waals surface area contributed by atoms with E-state index in [1.165, 1.54) is 5.56 Å². The average Bonchev–Trinajstić information content (AvgIpc) is 2.66. The van der Waals surface area contributed by atoms with E-state index < -0.39 is 0 Å². The van der Waals surface area contributed by atoms with Crippen LogP contribution in [0.1, 0.15) is 37.5 Å². The summed E-state index contributed by atoms with van der Waals surface area (Å²) in [4.78, 5) is 14.6. The molecule has 0 aromatic heterocycles. The van der Waals surface area contributed by atoms with Gasteiger partial charge in [0.25, 0.3) is 0 Å². The first kappa shape index (κ1) is 20.0. The molecule has 0 heterocycles. The highest BCUT2D eigenvalue weighted by Gasteiger charge is 2.06. The minimum absolute atomic E-state index is 0.0308. The zero-order chi connectivity index (χ0) is 18.8. The van der Waals surface area contributed by atoms with Crippen molar-refractivity contribution in [3.63, 3.8) is 0 Å². The second-order valence-corrected chi connectivity index (χ2v) is 6.31. The molecule has 0 saturated carbocycles. The number of carbonyl (C=O) groups excluding carboxylic acids is 1. The van der Waals surface area contributed by atoms with Gasteiger partial charge in [0.1, 0.15) is 5.75 Å². The van der Waals surface area contributed by atoms with Gasteiger partial charge in [0.05, 0.1) is 13.0 Å². The molecule has 1 amide bonds. The van der Waals surface area contributed by atoms with Crippen LogP contribution in [0.25, 0.3) is 0 Å². The first-order valence-electron chi connectivity index (χ1n) is 9.43. The minimum atomic E-state index is 0.0308. The number of rotatable bonds is 10. The fourth-order valence-electron chi connectivity index (χ4n) is 2.86. The molecule has 2 aromatic carbocycles. The van der Waals surface area contributed by atoms with Gasteiger partial charge in [-0.15, -0.1) is 0 Å². The molecule has 140 valence electrons. The Bertz CT molecular complexity index is 679. The van der Waals surface area contributed by atoms with Crippen molar-refractivity contribution in [2.45, 2.75) is 40.3 Å². The van der Waals surface area contributed by atoms with Crippen molar-refractivity contribution >= 4 is 5.91 Å². The number of amides is 1. The summed E-state index contributed by atoms with van der Waals surface area (Å²) in [5.41, 5.74) is 3.41. The van der Waals surface area contributed by atoms with E-state index in [1.54, 1.807) is 0 Å². The largest absolute Gasteiger partial charge is 0.494 e. The summed E-state index contributed by atoms with van der Waals surface area (Å²) >= 11 is 0. The second-order valence-electron chi connectivity index (χ2n) is 6.31. The molecule has 4 nitrogen and oxygen atoms in total. The number of ether oxygens (including phenoxy) is 1. The van der Waals surface area contributed by atoms with Crippen molar-refractivity contribution in [1.29, 1.82) is 0 Å². The third-order valence-electron chi connectivity index (χ3n) is 4.38. The standard InChI is InChI=1S/C22H30N2O2/c1-4-24(5-2)17-20-9-7-8-19(14-20)16-23-22(25)15-18-10-12-21(13-11-18)26-6-3/h7-14H,4-6,15-17H2,1-3H3,(H,23,25). The van der Waals surface area contributed by atoms with Crippen LogP contribution in [0.15, 0.2) is 48.5 Å². The van der Waals surface area contributed by atoms with Crippen molar-refractivity contribution < 1.29 is 9.53 Å². The zero-order valence-electron chi connectivity index (χ0n) is 16.1. The van der Waals surface area contributed by atoms with Crippen molar-refractivity contribution in [2.75, 3.05) is 19.7 Å². The van der Waals surface area contributed by atoms with Gasteiger partial charge in [-0.25, -0.2) is 0 Å². The molecule has 4 heteroatoms. The lowest BCUT2D eigenvalue weighted by Gasteiger charge is -2.18. The number of hydrogen-bond acceptors (Lipinski definition) is 3. The Labute approximate surface area is 157 Å². The summed E-state index contributed by atoms with van der Waals surface area (Å²) in [6, 6.07) is 16.1. The molecule has 0 aliphatic heterocycles. The Morgan fingerprint density at radius 2 is 1.65 bits per heavy atom. The van der Waals surface area contributed by atoms with E-state index in [4.69, 9.17) is 4.74 Å². The van der Waals surface area contributed by atoms with E-state index in [1.807, 2.05) is 31.2 Å². The van der Waals surface area contributed by atoms with E-state index in [0.717, 1.165) is 36.5 Å². The number of nitrogens with one attached hydrogen (secondary N) is 1. The Morgan fingerprint density at radius 1 is 0.962 bits per heavy atom. The summed E-state index contributed by atoms with van der Waals surface area (Å²) < 4.78 is 5.42. The molecule has 0 radical (unpaired) electrons. The lowest BCUT2D eigenvalue weighted by atomic mass is 10.1. The van der Waals surface area contributed by atoms with Crippen LogP contribution in [0.5, 0.6) is 5.75 Å². The maximum Gasteiger partial charge on any atom is 0.224 e. The van der Waals surface area contributed by atoms with Crippen LogP contribution < -0.4 is 10.1 Å². The molecular formula is C22H30N2O2. The Hall–Kier alpha value is -2.33. The first-order chi connectivity index (χ1) is 12.6. The summed E-state index contributed by atoms with van der Waals surface area (Å²) in [5.74, 6) is 0.866. The molecule has 26 heavy (non-hydrogen) atoms. The van der Waals surface area contributed by atoms with Crippen LogP contribution >= 0.6 is 0 Å². The number of benzene rings is 2. The van der Waals surface area contributed by atoms with Gasteiger partial charge in [-0.2, -0.15) is 0 Å². The predicted molar refractivity (Wildman–Crippen MR) is 106 cm³/mol. The Morgan fingerprint density at radius 3 is 2.31 bits per heavy atom. The highest BCUT2D eigenvalue weighted by atomic mass is 16.5. The van der Waals surface area contributed by atoms with Crippen molar-refractivity contribution in [3.05, 3.63) is 65.2 Å². The molecular weight excluding hydrogens is 324 g/mol.